The molecule has 8 heteroatoms. The number of hydrogen-bond acceptors (Lipinski definition) is 4. The fourth-order valence-corrected chi connectivity index (χ4v) is 3.41. The lowest BCUT2D eigenvalue weighted by atomic mass is 10.1. The normalized spacial score (nSPS) is 13.7. The van der Waals surface area contributed by atoms with Gasteiger partial charge in [-0.2, -0.15) is 10.2 Å². The van der Waals surface area contributed by atoms with E-state index in [0.29, 0.717) is 25.2 Å². The maximum absolute atomic E-state index is 12.4. The van der Waals surface area contributed by atoms with Gasteiger partial charge in [-0.3, -0.25) is 14.5 Å². The highest BCUT2D eigenvalue weighted by molar-refractivity contribution is 6.04. The number of aromatic nitrogens is 5. The van der Waals surface area contributed by atoms with Gasteiger partial charge in [0.15, 0.2) is 5.69 Å². The first-order valence-electron chi connectivity index (χ1n) is 9.03. The molecule has 4 rings (SSSR count). The van der Waals surface area contributed by atoms with Gasteiger partial charge in [-0.15, -0.1) is 0 Å². The second-order valence-corrected chi connectivity index (χ2v) is 6.76. The van der Waals surface area contributed by atoms with Crippen LogP contribution in [0.25, 0.3) is 10.9 Å². The van der Waals surface area contributed by atoms with Crippen LogP contribution in [0.15, 0.2) is 23.0 Å². The fraction of sp³-hybridized carbons (Fsp3) is 0.444. The summed E-state index contributed by atoms with van der Waals surface area (Å²) < 4.78 is 3.28. The van der Waals surface area contributed by atoms with Crippen LogP contribution in [0, 0.1) is 6.92 Å². The van der Waals surface area contributed by atoms with Crippen molar-refractivity contribution in [1.29, 1.82) is 0 Å². The van der Waals surface area contributed by atoms with Crippen molar-refractivity contribution in [2.75, 3.05) is 6.54 Å². The van der Waals surface area contributed by atoms with Crippen molar-refractivity contribution in [3.05, 3.63) is 45.8 Å². The number of carbonyl (C=O) groups excluding carboxylic acids is 1. The van der Waals surface area contributed by atoms with E-state index in [1.807, 2.05) is 25.1 Å². The van der Waals surface area contributed by atoms with Crippen molar-refractivity contribution >= 4 is 16.8 Å². The second-order valence-electron chi connectivity index (χ2n) is 6.76. The zero-order valence-corrected chi connectivity index (χ0v) is 14.8. The van der Waals surface area contributed by atoms with E-state index in [-0.39, 0.29) is 11.6 Å². The van der Waals surface area contributed by atoms with Crippen LogP contribution in [0.3, 0.4) is 0 Å². The Morgan fingerprint density at radius 2 is 2.23 bits per heavy atom. The molecule has 0 saturated heterocycles. The Balaban J connectivity index is 1.36. The average Bonchev–Trinajstić information content (AvgIpc) is 3.20. The molecule has 8 nitrogen and oxygen atoms in total. The van der Waals surface area contributed by atoms with Crippen LogP contribution in [0.4, 0.5) is 0 Å². The third kappa shape index (κ3) is 3.02. The molecule has 0 fully saturated rings. The summed E-state index contributed by atoms with van der Waals surface area (Å²) in [6.07, 6.45) is 3.63. The molecule has 3 heterocycles. The summed E-state index contributed by atoms with van der Waals surface area (Å²) in [5, 5.41) is 15.1. The van der Waals surface area contributed by atoms with Crippen molar-refractivity contribution < 1.29 is 4.79 Å². The van der Waals surface area contributed by atoms with Crippen molar-refractivity contribution in [3.8, 4) is 0 Å². The highest BCUT2D eigenvalue weighted by atomic mass is 16.2. The molecule has 1 aliphatic heterocycles. The summed E-state index contributed by atoms with van der Waals surface area (Å²) in [4.78, 5) is 24.7. The van der Waals surface area contributed by atoms with E-state index >= 15 is 0 Å². The van der Waals surface area contributed by atoms with Crippen molar-refractivity contribution in [2.45, 2.75) is 45.7 Å². The standard InChI is InChI=1S/C18H22N6O2/c1-12-6-7-14-13(11-12)16(21-20-14)17(25)19-8-4-10-24-18(26)23-9-3-2-5-15(23)22-24/h6-7,11H,2-5,8-10H2,1H3,(H,19,25)(H,20,21). The molecule has 0 unspecified atom stereocenters. The van der Waals surface area contributed by atoms with E-state index in [4.69, 9.17) is 0 Å². The lowest BCUT2D eigenvalue weighted by Crippen LogP contribution is -2.29. The van der Waals surface area contributed by atoms with Crippen molar-refractivity contribution in [2.24, 2.45) is 0 Å². The number of amides is 1. The molecule has 0 spiro atoms. The van der Waals surface area contributed by atoms with Crippen LogP contribution in [0.5, 0.6) is 0 Å². The molecule has 2 N–H and O–H groups in total. The fourth-order valence-electron chi connectivity index (χ4n) is 3.41. The summed E-state index contributed by atoms with van der Waals surface area (Å²) in [6, 6.07) is 5.84. The minimum Gasteiger partial charge on any atom is -0.351 e. The molecule has 0 aliphatic carbocycles. The molecule has 1 amide bonds. The molecule has 3 aromatic rings. The van der Waals surface area contributed by atoms with E-state index in [9.17, 15) is 9.59 Å². The molecule has 2 aromatic heterocycles. The van der Waals surface area contributed by atoms with Crippen LogP contribution >= 0.6 is 0 Å². The average molecular weight is 354 g/mol. The second kappa shape index (κ2) is 6.78. The van der Waals surface area contributed by atoms with Crippen LogP contribution in [0.2, 0.25) is 0 Å². The minimum absolute atomic E-state index is 0.0419. The lowest BCUT2D eigenvalue weighted by Gasteiger charge is -2.09. The Morgan fingerprint density at radius 3 is 3.08 bits per heavy atom. The van der Waals surface area contributed by atoms with Gasteiger partial charge in [-0.05, 0) is 38.3 Å². The van der Waals surface area contributed by atoms with E-state index in [1.54, 1.807) is 4.57 Å². The molecule has 136 valence electrons. The van der Waals surface area contributed by atoms with E-state index in [0.717, 1.165) is 48.1 Å². The molecular weight excluding hydrogens is 332 g/mol. The number of carbonyl (C=O) groups is 1. The number of benzene rings is 1. The van der Waals surface area contributed by atoms with Gasteiger partial charge in [-0.25, -0.2) is 9.48 Å². The quantitative estimate of drug-likeness (QED) is 0.677. The first-order chi connectivity index (χ1) is 12.6. The molecule has 0 bridgehead atoms. The summed E-state index contributed by atoms with van der Waals surface area (Å²) >= 11 is 0. The molecule has 1 aliphatic rings. The summed E-state index contributed by atoms with van der Waals surface area (Å²) in [7, 11) is 0. The molecular formula is C18H22N6O2. The predicted molar refractivity (Wildman–Crippen MR) is 97.2 cm³/mol. The summed E-state index contributed by atoms with van der Waals surface area (Å²) in [5.74, 6) is 0.668. The molecule has 0 atom stereocenters. The zero-order valence-electron chi connectivity index (χ0n) is 14.8. The maximum atomic E-state index is 12.4. The number of aromatic amines is 1. The number of hydrogen-bond donors (Lipinski definition) is 2. The number of fused-ring (bicyclic) bond motifs is 2. The largest absolute Gasteiger partial charge is 0.351 e. The van der Waals surface area contributed by atoms with E-state index in [1.165, 1.54) is 4.68 Å². The van der Waals surface area contributed by atoms with Gasteiger partial charge >= 0.3 is 5.69 Å². The van der Waals surface area contributed by atoms with E-state index in [2.05, 4.69) is 20.6 Å². The third-order valence-electron chi connectivity index (χ3n) is 4.80. The monoisotopic (exact) mass is 354 g/mol. The Morgan fingerprint density at radius 1 is 1.35 bits per heavy atom. The van der Waals surface area contributed by atoms with Gasteiger partial charge in [-0.1, -0.05) is 11.6 Å². The van der Waals surface area contributed by atoms with Crippen LogP contribution in [-0.4, -0.2) is 37.0 Å². The first kappa shape index (κ1) is 16.6. The predicted octanol–water partition coefficient (Wildman–Crippen LogP) is 1.39. The van der Waals surface area contributed by atoms with Gasteiger partial charge in [0, 0.05) is 31.4 Å². The molecule has 0 saturated carbocycles. The van der Waals surface area contributed by atoms with Gasteiger partial charge in [0.1, 0.15) is 5.82 Å². The third-order valence-corrected chi connectivity index (χ3v) is 4.80. The highest BCUT2D eigenvalue weighted by Crippen LogP contribution is 2.17. The minimum atomic E-state index is -0.210. The zero-order chi connectivity index (χ0) is 18.1. The Labute approximate surface area is 150 Å². The van der Waals surface area contributed by atoms with Crippen LogP contribution < -0.4 is 11.0 Å². The highest BCUT2D eigenvalue weighted by Gasteiger charge is 2.17. The number of nitrogens with zero attached hydrogens (tertiary/aromatic N) is 4. The van der Waals surface area contributed by atoms with Gasteiger partial charge < -0.3 is 5.32 Å². The molecule has 1 aromatic carbocycles. The summed E-state index contributed by atoms with van der Waals surface area (Å²) in [5.41, 5.74) is 2.28. The number of nitrogens with one attached hydrogen (secondary N) is 2. The van der Waals surface area contributed by atoms with Crippen molar-refractivity contribution in [1.82, 2.24) is 29.9 Å². The number of aryl methyl sites for hydroxylation is 3. The van der Waals surface area contributed by atoms with Crippen molar-refractivity contribution in [3.63, 3.8) is 0 Å². The smallest absolute Gasteiger partial charge is 0.345 e. The van der Waals surface area contributed by atoms with Gasteiger partial charge in [0.2, 0.25) is 0 Å². The number of rotatable bonds is 5. The Hall–Kier alpha value is -2.90. The Kier molecular flexibility index (Phi) is 4.32. The molecule has 26 heavy (non-hydrogen) atoms. The first-order valence-corrected chi connectivity index (χ1v) is 9.03. The maximum Gasteiger partial charge on any atom is 0.345 e. The van der Waals surface area contributed by atoms with Gasteiger partial charge in [0.25, 0.3) is 5.91 Å². The molecule has 0 radical (unpaired) electrons. The SMILES string of the molecule is Cc1ccc2[nH]nc(C(=O)NCCCn3nc4n(c3=O)CCCC4)c2c1. The van der Waals surface area contributed by atoms with Crippen LogP contribution in [0.1, 0.15) is 41.1 Å². The topological polar surface area (TPSA) is 97.6 Å². The summed E-state index contributed by atoms with van der Waals surface area (Å²) in [6.45, 7) is 3.71. The van der Waals surface area contributed by atoms with Crippen LogP contribution in [-0.2, 0) is 19.5 Å². The van der Waals surface area contributed by atoms with Gasteiger partial charge in [0.05, 0.1) is 5.52 Å². The Bertz CT molecular complexity index is 1010. The number of H-pyrrole nitrogens is 1. The van der Waals surface area contributed by atoms with E-state index < -0.39 is 0 Å². The lowest BCUT2D eigenvalue weighted by molar-refractivity contribution is 0.0949.